The summed E-state index contributed by atoms with van der Waals surface area (Å²) in [7, 11) is 0. The van der Waals surface area contributed by atoms with Crippen molar-refractivity contribution in [1.82, 2.24) is 10.1 Å². The minimum atomic E-state index is -0.485. The number of rotatable bonds is 4. The number of nitrogens with zero attached hydrogens (tertiary/aromatic N) is 1. The van der Waals surface area contributed by atoms with E-state index in [9.17, 15) is 9.59 Å². The van der Waals surface area contributed by atoms with Crippen LogP contribution in [0.3, 0.4) is 0 Å². The maximum absolute atomic E-state index is 11.8. The zero-order chi connectivity index (χ0) is 14.8. The lowest BCUT2D eigenvalue weighted by molar-refractivity contribution is -0.116. The maximum Gasteiger partial charge on any atom is 0.417 e. The van der Waals surface area contributed by atoms with Crippen LogP contribution in [0.5, 0.6) is 0 Å². The lowest BCUT2D eigenvalue weighted by atomic mass is 10.1. The van der Waals surface area contributed by atoms with Crippen molar-refractivity contribution in [2.24, 2.45) is 0 Å². The molecular formula is C14H13N3O4. The molecule has 2 aromatic heterocycles. The van der Waals surface area contributed by atoms with Gasteiger partial charge in [-0.25, -0.2) is 4.79 Å². The number of nitrogens with one attached hydrogen (secondary N) is 2. The number of aromatic nitrogens is 2. The second kappa shape index (κ2) is 5.28. The van der Waals surface area contributed by atoms with Gasteiger partial charge in [0, 0.05) is 12.5 Å². The van der Waals surface area contributed by atoms with E-state index >= 15 is 0 Å². The number of H-pyrrole nitrogens is 1. The third-order valence-electron chi connectivity index (χ3n) is 3.02. The Balaban J connectivity index is 1.62. The molecule has 1 aromatic carbocycles. The first-order chi connectivity index (χ1) is 10.1. The lowest BCUT2D eigenvalue weighted by Crippen LogP contribution is -2.12. The predicted molar refractivity (Wildman–Crippen MR) is 75.0 cm³/mol. The fraction of sp³-hybridized carbons (Fsp3) is 0.214. The summed E-state index contributed by atoms with van der Waals surface area (Å²) in [5.74, 6) is 0.414. The van der Waals surface area contributed by atoms with Crippen LogP contribution in [-0.2, 0) is 11.2 Å². The van der Waals surface area contributed by atoms with Crippen molar-refractivity contribution < 1.29 is 13.7 Å². The maximum atomic E-state index is 11.8. The molecule has 2 N–H and O–H groups in total. The van der Waals surface area contributed by atoms with Crippen molar-refractivity contribution in [1.29, 1.82) is 0 Å². The van der Waals surface area contributed by atoms with E-state index in [0.29, 0.717) is 35.5 Å². The van der Waals surface area contributed by atoms with E-state index in [2.05, 4.69) is 15.5 Å². The number of aromatic amines is 1. The quantitative estimate of drug-likeness (QED) is 0.764. The lowest BCUT2D eigenvalue weighted by Gasteiger charge is -2.02. The number of carbonyl (C=O) groups excluding carboxylic acids is 1. The summed E-state index contributed by atoms with van der Waals surface area (Å²) in [6.45, 7) is 1.75. The number of oxazole rings is 1. The van der Waals surface area contributed by atoms with Gasteiger partial charge in [0.2, 0.25) is 5.91 Å². The molecule has 0 aliphatic rings. The Morgan fingerprint density at radius 3 is 3.00 bits per heavy atom. The largest absolute Gasteiger partial charge is 0.417 e. The van der Waals surface area contributed by atoms with Gasteiger partial charge in [0.15, 0.2) is 11.4 Å². The van der Waals surface area contributed by atoms with Crippen LogP contribution in [0, 0.1) is 6.92 Å². The zero-order valence-electron chi connectivity index (χ0n) is 11.3. The molecule has 0 unspecified atom stereocenters. The van der Waals surface area contributed by atoms with E-state index in [-0.39, 0.29) is 5.91 Å². The molecule has 0 atom stereocenters. The van der Waals surface area contributed by atoms with Gasteiger partial charge in [-0.2, -0.15) is 0 Å². The Hall–Kier alpha value is -2.83. The molecule has 0 radical (unpaired) electrons. The number of fused-ring (bicyclic) bond motifs is 1. The van der Waals surface area contributed by atoms with Crippen LogP contribution in [-0.4, -0.2) is 16.0 Å². The van der Waals surface area contributed by atoms with Crippen LogP contribution < -0.4 is 11.1 Å². The Labute approximate surface area is 118 Å². The first-order valence-electron chi connectivity index (χ1n) is 6.45. The Bertz CT molecular complexity index is 843. The van der Waals surface area contributed by atoms with Crippen molar-refractivity contribution in [2.75, 3.05) is 5.32 Å². The summed E-state index contributed by atoms with van der Waals surface area (Å²) in [4.78, 5) is 25.4. The molecule has 7 heteroatoms. The molecule has 21 heavy (non-hydrogen) atoms. The summed E-state index contributed by atoms with van der Waals surface area (Å²) in [5.41, 5.74) is 2.07. The molecule has 0 aliphatic carbocycles. The Morgan fingerprint density at radius 2 is 2.24 bits per heavy atom. The van der Waals surface area contributed by atoms with Crippen molar-refractivity contribution >= 4 is 22.8 Å². The third-order valence-corrected chi connectivity index (χ3v) is 3.02. The summed E-state index contributed by atoms with van der Waals surface area (Å²) in [6, 6.07) is 6.99. The second-order valence-corrected chi connectivity index (χ2v) is 4.72. The van der Waals surface area contributed by atoms with E-state index in [1.54, 1.807) is 25.1 Å². The molecule has 0 fully saturated rings. The molecule has 0 bridgehead atoms. The number of hydrogen-bond donors (Lipinski definition) is 2. The number of hydrogen-bond acceptors (Lipinski definition) is 5. The molecule has 3 rings (SSSR count). The summed E-state index contributed by atoms with van der Waals surface area (Å²) < 4.78 is 9.79. The molecule has 2 heterocycles. The van der Waals surface area contributed by atoms with E-state index in [0.717, 1.165) is 5.56 Å². The first-order valence-corrected chi connectivity index (χ1v) is 6.45. The van der Waals surface area contributed by atoms with Crippen LogP contribution in [0.4, 0.5) is 5.82 Å². The molecule has 7 nitrogen and oxygen atoms in total. The highest BCUT2D eigenvalue weighted by Gasteiger charge is 2.08. The molecule has 0 spiro atoms. The summed E-state index contributed by atoms with van der Waals surface area (Å²) >= 11 is 0. The first kappa shape index (κ1) is 13.2. The molecule has 1 amide bonds. The zero-order valence-corrected chi connectivity index (χ0v) is 11.3. The number of anilines is 1. The highest BCUT2D eigenvalue weighted by molar-refractivity contribution is 5.89. The highest BCUT2D eigenvalue weighted by atomic mass is 16.5. The number of carbonyl (C=O) groups is 1. The third kappa shape index (κ3) is 3.02. The Morgan fingerprint density at radius 1 is 1.38 bits per heavy atom. The number of benzene rings is 1. The molecular weight excluding hydrogens is 274 g/mol. The number of aryl methyl sites for hydroxylation is 2. The molecule has 0 saturated heterocycles. The van der Waals surface area contributed by atoms with E-state index in [4.69, 9.17) is 8.94 Å². The van der Waals surface area contributed by atoms with Crippen LogP contribution >= 0.6 is 0 Å². The van der Waals surface area contributed by atoms with Crippen LogP contribution in [0.1, 0.15) is 17.7 Å². The molecule has 108 valence electrons. The average Bonchev–Trinajstić information content (AvgIpc) is 3.00. The van der Waals surface area contributed by atoms with Gasteiger partial charge >= 0.3 is 5.76 Å². The van der Waals surface area contributed by atoms with Crippen molar-refractivity contribution in [3.05, 3.63) is 46.1 Å². The van der Waals surface area contributed by atoms with Crippen LogP contribution in [0.25, 0.3) is 11.1 Å². The van der Waals surface area contributed by atoms with Crippen LogP contribution in [0.15, 0.2) is 38.0 Å². The number of amides is 1. The highest BCUT2D eigenvalue weighted by Crippen LogP contribution is 2.14. The SMILES string of the molecule is Cc1cc(NC(=O)CCc2ccc3oc(=O)[nH]c3c2)no1. The molecule has 0 saturated carbocycles. The predicted octanol–water partition coefficient (Wildman–Crippen LogP) is 1.99. The average molecular weight is 287 g/mol. The van der Waals surface area contributed by atoms with Gasteiger partial charge in [-0.1, -0.05) is 11.2 Å². The van der Waals surface area contributed by atoms with Crippen molar-refractivity contribution in [3.8, 4) is 0 Å². The standard InChI is InChI=1S/C14H13N3O4/c1-8-6-12(17-21-8)16-13(18)5-3-9-2-4-11-10(7-9)15-14(19)20-11/h2,4,6-7H,3,5H2,1H3,(H,15,19)(H,16,17,18). The van der Waals surface area contributed by atoms with Gasteiger partial charge in [0.25, 0.3) is 0 Å². The van der Waals surface area contributed by atoms with Gasteiger partial charge in [0.05, 0.1) is 5.52 Å². The topological polar surface area (TPSA) is 101 Å². The van der Waals surface area contributed by atoms with E-state index in [1.165, 1.54) is 0 Å². The molecule has 0 aliphatic heterocycles. The van der Waals surface area contributed by atoms with Crippen molar-refractivity contribution in [3.63, 3.8) is 0 Å². The smallest absolute Gasteiger partial charge is 0.408 e. The van der Waals surface area contributed by atoms with Gasteiger partial charge in [-0.15, -0.1) is 0 Å². The van der Waals surface area contributed by atoms with Crippen LogP contribution in [0.2, 0.25) is 0 Å². The fourth-order valence-corrected chi connectivity index (χ4v) is 2.04. The van der Waals surface area contributed by atoms with E-state index < -0.39 is 5.76 Å². The van der Waals surface area contributed by atoms with Gasteiger partial charge in [-0.3, -0.25) is 9.78 Å². The van der Waals surface area contributed by atoms with Gasteiger partial charge < -0.3 is 14.3 Å². The summed E-state index contributed by atoms with van der Waals surface area (Å²) in [5, 5.41) is 6.35. The molecule has 3 aromatic rings. The second-order valence-electron chi connectivity index (χ2n) is 4.72. The minimum Gasteiger partial charge on any atom is -0.408 e. The van der Waals surface area contributed by atoms with E-state index in [1.807, 2.05) is 6.07 Å². The minimum absolute atomic E-state index is 0.149. The monoisotopic (exact) mass is 287 g/mol. The van der Waals surface area contributed by atoms with Gasteiger partial charge in [0.1, 0.15) is 5.76 Å². The van der Waals surface area contributed by atoms with Gasteiger partial charge in [-0.05, 0) is 31.0 Å². The van der Waals surface area contributed by atoms with Crippen molar-refractivity contribution in [2.45, 2.75) is 19.8 Å². The normalized spacial score (nSPS) is 10.9. The Kier molecular flexibility index (Phi) is 3.31. The fourth-order valence-electron chi connectivity index (χ4n) is 2.04. The summed E-state index contributed by atoms with van der Waals surface area (Å²) in [6.07, 6.45) is 0.852.